The van der Waals surface area contributed by atoms with Crippen molar-refractivity contribution in [2.75, 3.05) is 11.9 Å². The van der Waals surface area contributed by atoms with Crippen LogP contribution < -0.4 is 10.1 Å². The third kappa shape index (κ3) is 2.02. The molecular weight excluding hydrogens is 242 g/mol. The first-order chi connectivity index (χ1) is 9.23. The fraction of sp³-hybridized carbons (Fsp3) is 0.286. The standard InChI is InChI=1S/C14H15N3O2/c1-3-18-14(11-6-4-5-10(2)7-11)17-12-8-15-9-16-13(12)19-14/h4-9,17H,3H2,1-2H3. The lowest BCUT2D eigenvalue weighted by Crippen LogP contribution is -2.40. The van der Waals surface area contributed by atoms with Crippen molar-refractivity contribution in [2.24, 2.45) is 0 Å². The van der Waals surface area contributed by atoms with E-state index in [4.69, 9.17) is 9.47 Å². The topological polar surface area (TPSA) is 56.3 Å². The predicted molar refractivity (Wildman–Crippen MR) is 70.8 cm³/mol. The largest absolute Gasteiger partial charge is 0.420 e. The minimum absolute atomic E-state index is 0.505. The number of aryl methyl sites for hydroxylation is 1. The third-order valence-corrected chi connectivity index (χ3v) is 2.96. The number of ether oxygens (including phenoxy) is 2. The maximum Gasteiger partial charge on any atom is 0.322 e. The number of aromatic nitrogens is 2. The zero-order valence-corrected chi connectivity index (χ0v) is 10.9. The van der Waals surface area contributed by atoms with Gasteiger partial charge in [0.15, 0.2) is 0 Å². The number of benzene rings is 1. The fourth-order valence-corrected chi connectivity index (χ4v) is 2.16. The molecule has 0 amide bonds. The van der Waals surface area contributed by atoms with Crippen molar-refractivity contribution in [3.8, 4) is 5.88 Å². The maximum atomic E-state index is 5.89. The second-order valence-electron chi connectivity index (χ2n) is 4.39. The van der Waals surface area contributed by atoms with E-state index in [0.717, 1.165) is 16.8 Å². The number of fused-ring (bicyclic) bond motifs is 1. The van der Waals surface area contributed by atoms with E-state index in [1.165, 1.54) is 6.33 Å². The van der Waals surface area contributed by atoms with Gasteiger partial charge < -0.3 is 14.8 Å². The molecule has 0 fully saturated rings. The van der Waals surface area contributed by atoms with Crippen molar-refractivity contribution in [1.29, 1.82) is 0 Å². The van der Waals surface area contributed by atoms with Crippen LogP contribution in [0.25, 0.3) is 0 Å². The van der Waals surface area contributed by atoms with Crippen LogP contribution in [0.2, 0.25) is 0 Å². The van der Waals surface area contributed by atoms with Gasteiger partial charge in [0.1, 0.15) is 12.0 Å². The Labute approximate surface area is 111 Å². The summed E-state index contributed by atoms with van der Waals surface area (Å²) in [6.45, 7) is 4.48. The van der Waals surface area contributed by atoms with Crippen molar-refractivity contribution < 1.29 is 9.47 Å². The van der Waals surface area contributed by atoms with E-state index in [1.54, 1.807) is 6.20 Å². The van der Waals surface area contributed by atoms with Crippen LogP contribution >= 0.6 is 0 Å². The monoisotopic (exact) mass is 257 g/mol. The zero-order chi connectivity index (χ0) is 13.3. The molecule has 5 heteroatoms. The van der Waals surface area contributed by atoms with E-state index in [0.29, 0.717) is 12.5 Å². The summed E-state index contributed by atoms with van der Waals surface area (Å²) in [5.41, 5.74) is 2.79. The molecule has 0 aliphatic carbocycles. The Bertz CT molecular complexity index is 576. The summed E-state index contributed by atoms with van der Waals surface area (Å²) < 4.78 is 11.7. The van der Waals surface area contributed by atoms with Crippen LogP contribution in [-0.2, 0) is 10.6 Å². The molecule has 2 aromatic rings. The molecule has 0 radical (unpaired) electrons. The zero-order valence-electron chi connectivity index (χ0n) is 10.9. The highest BCUT2D eigenvalue weighted by atomic mass is 16.7. The van der Waals surface area contributed by atoms with Gasteiger partial charge in [0, 0.05) is 5.56 Å². The number of hydrogen-bond donors (Lipinski definition) is 1. The smallest absolute Gasteiger partial charge is 0.322 e. The fourth-order valence-electron chi connectivity index (χ4n) is 2.16. The summed E-state index contributed by atoms with van der Waals surface area (Å²) in [6.07, 6.45) is 3.14. The molecule has 1 N–H and O–H groups in total. The Morgan fingerprint density at radius 3 is 3.05 bits per heavy atom. The second kappa shape index (κ2) is 4.51. The van der Waals surface area contributed by atoms with Crippen LogP contribution in [0.15, 0.2) is 36.8 Å². The van der Waals surface area contributed by atoms with Crippen LogP contribution in [-0.4, -0.2) is 16.6 Å². The molecule has 0 saturated heterocycles. The molecule has 0 bridgehead atoms. The van der Waals surface area contributed by atoms with Crippen LogP contribution in [0.4, 0.5) is 5.69 Å². The van der Waals surface area contributed by atoms with Crippen molar-refractivity contribution in [2.45, 2.75) is 19.8 Å². The Kier molecular flexibility index (Phi) is 2.83. The number of rotatable bonds is 3. The van der Waals surface area contributed by atoms with Gasteiger partial charge >= 0.3 is 5.91 Å². The normalized spacial score (nSPS) is 20.5. The van der Waals surface area contributed by atoms with Gasteiger partial charge in [-0.15, -0.1) is 0 Å². The van der Waals surface area contributed by atoms with Crippen molar-refractivity contribution in [1.82, 2.24) is 9.97 Å². The SMILES string of the molecule is CCOC1(c2cccc(C)c2)Nc2cncnc2O1. The van der Waals surface area contributed by atoms with Gasteiger partial charge in [0.05, 0.1) is 12.8 Å². The van der Waals surface area contributed by atoms with Crippen LogP contribution in [0.1, 0.15) is 18.1 Å². The lowest BCUT2D eigenvalue weighted by molar-refractivity contribution is -0.158. The summed E-state index contributed by atoms with van der Waals surface area (Å²) in [4.78, 5) is 8.09. The molecular formula is C14H15N3O2. The number of hydrogen-bond acceptors (Lipinski definition) is 5. The van der Waals surface area contributed by atoms with E-state index in [1.807, 2.05) is 38.1 Å². The first-order valence-corrected chi connectivity index (χ1v) is 6.22. The van der Waals surface area contributed by atoms with Gasteiger partial charge in [0.2, 0.25) is 5.88 Å². The molecule has 1 aromatic heterocycles. The van der Waals surface area contributed by atoms with E-state index in [9.17, 15) is 0 Å². The molecule has 1 aromatic carbocycles. The van der Waals surface area contributed by atoms with E-state index < -0.39 is 5.91 Å². The van der Waals surface area contributed by atoms with Crippen LogP contribution in [0, 0.1) is 6.92 Å². The number of nitrogens with zero attached hydrogens (tertiary/aromatic N) is 2. The summed E-state index contributed by atoms with van der Waals surface area (Å²) in [7, 11) is 0. The summed E-state index contributed by atoms with van der Waals surface area (Å²) >= 11 is 0. The highest BCUT2D eigenvalue weighted by molar-refractivity contribution is 5.57. The molecule has 19 heavy (non-hydrogen) atoms. The van der Waals surface area contributed by atoms with Crippen molar-refractivity contribution in [3.05, 3.63) is 47.9 Å². The predicted octanol–water partition coefficient (Wildman–Crippen LogP) is 2.44. The Balaban J connectivity index is 2.03. The highest BCUT2D eigenvalue weighted by Gasteiger charge is 2.43. The Hall–Kier alpha value is -2.14. The molecule has 1 unspecified atom stereocenters. The lowest BCUT2D eigenvalue weighted by Gasteiger charge is -2.28. The molecule has 1 atom stereocenters. The summed E-state index contributed by atoms with van der Waals surface area (Å²) in [5.74, 6) is -0.510. The highest BCUT2D eigenvalue weighted by Crippen LogP contribution is 2.40. The number of anilines is 1. The Morgan fingerprint density at radius 1 is 1.42 bits per heavy atom. The first-order valence-electron chi connectivity index (χ1n) is 6.22. The summed E-state index contributed by atoms with van der Waals surface area (Å²) in [5, 5.41) is 3.22. The van der Waals surface area contributed by atoms with E-state index >= 15 is 0 Å². The first kappa shape index (κ1) is 11.9. The molecule has 0 spiro atoms. The maximum absolute atomic E-state index is 5.89. The molecule has 2 heterocycles. The minimum Gasteiger partial charge on any atom is -0.420 e. The molecule has 1 aliphatic rings. The average Bonchev–Trinajstić information content (AvgIpc) is 2.78. The third-order valence-electron chi connectivity index (χ3n) is 2.96. The van der Waals surface area contributed by atoms with E-state index in [2.05, 4.69) is 15.3 Å². The molecule has 98 valence electrons. The van der Waals surface area contributed by atoms with Crippen LogP contribution in [0.3, 0.4) is 0 Å². The van der Waals surface area contributed by atoms with Gasteiger partial charge in [-0.1, -0.05) is 23.8 Å². The van der Waals surface area contributed by atoms with Crippen LogP contribution in [0.5, 0.6) is 5.88 Å². The van der Waals surface area contributed by atoms with E-state index in [-0.39, 0.29) is 0 Å². The quantitative estimate of drug-likeness (QED) is 0.915. The van der Waals surface area contributed by atoms with Gasteiger partial charge in [-0.3, -0.25) is 0 Å². The number of nitrogens with one attached hydrogen (secondary N) is 1. The van der Waals surface area contributed by atoms with Crippen molar-refractivity contribution >= 4 is 5.69 Å². The molecule has 5 nitrogen and oxygen atoms in total. The van der Waals surface area contributed by atoms with Gasteiger partial charge in [-0.25, -0.2) is 4.98 Å². The van der Waals surface area contributed by atoms with Gasteiger partial charge in [0.25, 0.3) is 0 Å². The molecule has 1 aliphatic heterocycles. The summed E-state index contributed by atoms with van der Waals surface area (Å²) in [6, 6.07) is 8.01. The average molecular weight is 257 g/mol. The van der Waals surface area contributed by atoms with Crippen molar-refractivity contribution in [3.63, 3.8) is 0 Å². The molecule has 3 rings (SSSR count). The van der Waals surface area contributed by atoms with Gasteiger partial charge in [-0.05, 0) is 19.9 Å². The Morgan fingerprint density at radius 2 is 2.32 bits per heavy atom. The lowest BCUT2D eigenvalue weighted by atomic mass is 10.1. The molecule has 0 saturated carbocycles. The van der Waals surface area contributed by atoms with Gasteiger partial charge in [-0.2, -0.15) is 4.98 Å². The second-order valence-corrected chi connectivity index (χ2v) is 4.39. The minimum atomic E-state index is -1.01.